The van der Waals surface area contributed by atoms with E-state index in [1.165, 1.54) is 16.9 Å². The summed E-state index contributed by atoms with van der Waals surface area (Å²) in [5.41, 5.74) is 2.21. The maximum Gasteiger partial charge on any atom is 0.304 e. The highest BCUT2D eigenvalue weighted by Crippen LogP contribution is 2.36. The molecule has 0 heterocycles. The molecule has 19 heavy (non-hydrogen) atoms. The van der Waals surface area contributed by atoms with Gasteiger partial charge in [-0.25, -0.2) is 8.42 Å². The van der Waals surface area contributed by atoms with Gasteiger partial charge >= 0.3 is 5.97 Å². The number of aliphatic carboxylic acids is 1. The maximum absolute atomic E-state index is 12.1. The third kappa shape index (κ3) is 2.96. The first-order valence-corrected chi connectivity index (χ1v) is 7.78. The van der Waals surface area contributed by atoms with Crippen LogP contribution in [0.2, 0.25) is 0 Å². The molecule has 0 radical (unpaired) electrons. The van der Waals surface area contributed by atoms with Gasteiger partial charge in [-0.05, 0) is 24.0 Å². The number of nitrogens with zero attached hydrogens (tertiary/aromatic N) is 1. The van der Waals surface area contributed by atoms with E-state index in [1.807, 2.05) is 24.3 Å². The zero-order chi connectivity index (χ0) is 14.0. The molecule has 1 aliphatic rings. The molecule has 0 spiro atoms. The van der Waals surface area contributed by atoms with E-state index in [1.54, 1.807) is 0 Å². The second kappa shape index (κ2) is 5.30. The van der Waals surface area contributed by atoms with Crippen LogP contribution in [0.3, 0.4) is 0 Å². The second-order valence-corrected chi connectivity index (χ2v) is 6.88. The second-order valence-electron chi connectivity index (χ2n) is 4.73. The Hall–Kier alpha value is -1.40. The van der Waals surface area contributed by atoms with Crippen LogP contribution in [0.15, 0.2) is 24.3 Å². The summed E-state index contributed by atoms with van der Waals surface area (Å²) in [6.07, 6.45) is 1.25. The molecule has 104 valence electrons. The number of fused-ring (bicyclic) bond motifs is 1. The molecular weight excluding hydrogens is 266 g/mol. The van der Waals surface area contributed by atoms with Crippen LogP contribution in [0.25, 0.3) is 0 Å². The van der Waals surface area contributed by atoms with Gasteiger partial charge in [-0.2, -0.15) is 4.31 Å². The Kier molecular flexibility index (Phi) is 3.91. The van der Waals surface area contributed by atoms with E-state index in [-0.39, 0.29) is 18.2 Å². The van der Waals surface area contributed by atoms with Crippen LogP contribution < -0.4 is 0 Å². The topological polar surface area (TPSA) is 74.7 Å². The van der Waals surface area contributed by atoms with Gasteiger partial charge in [0, 0.05) is 13.1 Å². The Balaban J connectivity index is 2.17. The average molecular weight is 283 g/mol. The Morgan fingerprint density at radius 1 is 1.42 bits per heavy atom. The number of carboxylic acid groups (broad SMARTS) is 1. The molecule has 1 unspecified atom stereocenters. The highest BCUT2D eigenvalue weighted by Gasteiger charge is 2.32. The number of sulfonamides is 1. The van der Waals surface area contributed by atoms with E-state index >= 15 is 0 Å². The van der Waals surface area contributed by atoms with Gasteiger partial charge in [0.15, 0.2) is 0 Å². The minimum atomic E-state index is -3.53. The van der Waals surface area contributed by atoms with Gasteiger partial charge in [0.25, 0.3) is 0 Å². The molecular formula is C13H17NO4S. The van der Waals surface area contributed by atoms with Crippen molar-refractivity contribution in [3.63, 3.8) is 0 Å². The van der Waals surface area contributed by atoms with Crippen molar-refractivity contribution in [2.75, 3.05) is 12.8 Å². The summed E-state index contributed by atoms with van der Waals surface area (Å²) in [5, 5.41) is 8.60. The van der Waals surface area contributed by atoms with E-state index in [4.69, 9.17) is 5.11 Å². The molecule has 1 aromatic rings. The SMILES string of the molecule is CN(C1CCc2ccccc21)S(=O)(=O)CCC(=O)O. The van der Waals surface area contributed by atoms with Gasteiger partial charge < -0.3 is 5.11 Å². The van der Waals surface area contributed by atoms with E-state index in [0.717, 1.165) is 18.4 Å². The molecule has 0 aromatic heterocycles. The molecule has 1 atom stereocenters. The average Bonchev–Trinajstić information content (AvgIpc) is 2.79. The summed E-state index contributed by atoms with van der Waals surface area (Å²) >= 11 is 0. The van der Waals surface area contributed by atoms with Gasteiger partial charge in [0.1, 0.15) is 0 Å². The van der Waals surface area contributed by atoms with Crippen molar-refractivity contribution in [2.24, 2.45) is 0 Å². The fourth-order valence-electron chi connectivity index (χ4n) is 2.47. The van der Waals surface area contributed by atoms with Crippen LogP contribution >= 0.6 is 0 Å². The number of carbonyl (C=O) groups is 1. The first kappa shape index (κ1) is 14.0. The standard InChI is InChI=1S/C13H17NO4S/c1-14(19(17,18)9-8-13(15)16)12-7-6-10-4-2-3-5-11(10)12/h2-5,12H,6-9H2,1H3,(H,15,16). The highest BCUT2D eigenvalue weighted by atomic mass is 32.2. The smallest absolute Gasteiger partial charge is 0.304 e. The van der Waals surface area contributed by atoms with Crippen molar-refractivity contribution in [1.82, 2.24) is 4.31 Å². The Bertz CT molecular complexity index is 582. The number of hydrogen-bond acceptors (Lipinski definition) is 3. The maximum atomic E-state index is 12.1. The Morgan fingerprint density at radius 2 is 2.11 bits per heavy atom. The van der Waals surface area contributed by atoms with Crippen molar-refractivity contribution in [3.05, 3.63) is 35.4 Å². The third-order valence-corrected chi connectivity index (χ3v) is 5.40. The lowest BCUT2D eigenvalue weighted by atomic mass is 10.1. The summed E-state index contributed by atoms with van der Waals surface area (Å²) in [6, 6.07) is 7.62. The molecule has 2 rings (SSSR count). The number of benzene rings is 1. The van der Waals surface area contributed by atoms with Gasteiger partial charge in [-0.1, -0.05) is 24.3 Å². The fourth-order valence-corrected chi connectivity index (χ4v) is 3.79. The molecule has 0 saturated carbocycles. The predicted molar refractivity (Wildman–Crippen MR) is 71.3 cm³/mol. The minimum Gasteiger partial charge on any atom is -0.481 e. The first-order valence-electron chi connectivity index (χ1n) is 6.17. The molecule has 0 aliphatic heterocycles. The number of hydrogen-bond donors (Lipinski definition) is 1. The van der Waals surface area contributed by atoms with Crippen molar-refractivity contribution in [1.29, 1.82) is 0 Å². The Labute approximate surface area is 112 Å². The van der Waals surface area contributed by atoms with Gasteiger partial charge in [0.2, 0.25) is 10.0 Å². The lowest BCUT2D eigenvalue weighted by Crippen LogP contribution is -2.32. The summed E-state index contributed by atoms with van der Waals surface area (Å²) in [5.74, 6) is -1.44. The molecule has 1 N–H and O–H groups in total. The van der Waals surface area contributed by atoms with E-state index in [0.29, 0.717) is 0 Å². The summed E-state index contributed by atoms with van der Waals surface area (Å²) in [7, 11) is -2.00. The fraction of sp³-hybridized carbons (Fsp3) is 0.462. The Morgan fingerprint density at radius 3 is 2.79 bits per heavy atom. The molecule has 0 fully saturated rings. The van der Waals surface area contributed by atoms with Gasteiger partial charge in [-0.15, -0.1) is 0 Å². The molecule has 1 aliphatic carbocycles. The van der Waals surface area contributed by atoms with Crippen LogP contribution in [-0.2, 0) is 21.2 Å². The lowest BCUT2D eigenvalue weighted by Gasteiger charge is -2.24. The molecule has 0 amide bonds. The highest BCUT2D eigenvalue weighted by molar-refractivity contribution is 7.89. The van der Waals surface area contributed by atoms with Crippen molar-refractivity contribution in [3.8, 4) is 0 Å². The number of aryl methyl sites for hydroxylation is 1. The van der Waals surface area contributed by atoms with Gasteiger partial charge in [-0.3, -0.25) is 4.79 Å². The van der Waals surface area contributed by atoms with Gasteiger partial charge in [0.05, 0.1) is 12.2 Å². The van der Waals surface area contributed by atoms with Crippen LogP contribution in [-0.4, -0.2) is 36.6 Å². The zero-order valence-electron chi connectivity index (χ0n) is 10.7. The summed E-state index contributed by atoms with van der Waals surface area (Å²) < 4.78 is 25.5. The van der Waals surface area contributed by atoms with E-state index in [9.17, 15) is 13.2 Å². The lowest BCUT2D eigenvalue weighted by molar-refractivity contribution is -0.136. The van der Waals surface area contributed by atoms with Crippen molar-refractivity contribution < 1.29 is 18.3 Å². The van der Waals surface area contributed by atoms with E-state index in [2.05, 4.69) is 0 Å². The number of rotatable bonds is 5. The molecule has 1 aromatic carbocycles. The van der Waals surface area contributed by atoms with E-state index < -0.39 is 16.0 Å². The van der Waals surface area contributed by atoms with Crippen LogP contribution in [0, 0.1) is 0 Å². The van der Waals surface area contributed by atoms with Crippen LogP contribution in [0.1, 0.15) is 30.0 Å². The zero-order valence-corrected chi connectivity index (χ0v) is 11.6. The normalized spacial score (nSPS) is 18.5. The van der Waals surface area contributed by atoms with Crippen LogP contribution in [0.4, 0.5) is 0 Å². The third-order valence-electron chi connectivity index (χ3n) is 3.55. The minimum absolute atomic E-state index is 0.171. The molecule has 5 nitrogen and oxygen atoms in total. The monoisotopic (exact) mass is 283 g/mol. The van der Waals surface area contributed by atoms with Crippen LogP contribution in [0.5, 0.6) is 0 Å². The van der Waals surface area contributed by atoms with Crippen molar-refractivity contribution >= 4 is 16.0 Å². The largest absolute Gasteiger partial charge is 0.481 e. The molecule has 0 bridgehead atoms. The summed E-state index contributed by atoms with van der Waals surface area (Å²) in [4.78, 5) is 10.5. The quantitative estimate of drug-likeness (QED) is 0.886. The predicted octanol–water partition coefficient (Wildman–Crippen LogP) is 1.41. The number of carboxylic acids is 1. The molecule has 6 heteroatoms. The van der Waals surface area contributed by atoms with Crippen molar-refractivity contribution in [2.45, 2.75) is 25.3 Å². The first-order chi connectivity index (χ1) is 8.92. The summed E-state index contributed by atoms with van der Waals surface area (Å²) in [6.45, 7) is 0. The molecule has 0 saturated heterocycles.